The topological polar surface area (TPSA) is 58.2 Å². The molecule has 1 aromatic carbocycles. The van der Waals surface area contributed by atoms with E-state index in [1.165, 1.54) is 12.8 Å². The lowest BCUT2D eigenvalue weighted by atomic mass is 10.1. The predicted molar refractivity (Wildman–Crippen MR) is 76.7 cm³/mol. The van der Waals surface area contributed by atoms with E-state index in [0.717, 1.165) is 24.1 Å². The van der Waals surface area contributed by atoms with E-state index >= 15 is 0 Å². The van der Waals surface area contributed by atoms with Crippen molar-refractivity contribution in [3.63, 3.8) is 0 Å². The zero-order chi connectivity index (χ0) is 13.9. The summed E-state index contributed by atoms with van der Waals surface area (Å²) >= 11 is 0. The zero-order valence-corrected chi connectivity index (χ0v) is 12.4. The molecule has 1 saturated carbocycles. The van der Waals surface area contributed by atoms with Gasteiger partial charge in [0.15, 0.2) is 0 Å². The van der Waals surface area contributed by atoms with Gasteiger partial charge >= 0.3 is 0 Å². The van der Waals surface area contributed by atoms with E-state index in [9.17, 15) is 8.42 Å². The molecule has 0 unspecified atom stereocenters. The Bertz CT molecular complexity index is 536. The normalized spacial score (nSPS) is 15.7. The molecule has 1 aliphatic rings. The van der Waals surface area contributed by atoms with E-state index in [0.29, 0.717) is 17.5 Å². The molecule has 2 N–H and O–H groups in total. The van der Waals surface area contributed by atoms with Gasteiger partial charge in [-0.1, -0.05) is 6.07 Å². The summed E-state index contributed by atoms with van der Waals surface area (Å²) in [5, 5.41) is 3.36. The molecular weight excluding hydrogens is 260 g/mol. The first-order valence-electron chi connectivity index (χ1n) is 6.79. The Morgan fingerprint density at radius 2 is 1.89 bits per heavy atom. The molecule has 0 aliphatic heterocycles. The van der Waals surface area contributed by atoms with Crippen molar-refractivity contribution in [2.75, 3.05) is 13.1 Å². The number of nitrogens with one attached hydrogen (secondary N) is 2. The van der Waals surface area contributed by atoms with Crippen LogP contribution in [-0.4, -0.2) is 27.5 Å². The van der Waals surface area contributed by atoms with E-state index in [4.69, 9.17) is 0 Å². The minimum atomic E-state index is -3.36. The summed E-state index contributed by atoms with van der Waals surface area (Å²) in [6.45, 7) is 5.26. The van der Waals surface area contributed by atoms with Crippen LogP contribution >= 0.6 is 0 Å². The SMILES string of the molecule is Cc1ccc(S(=O)(=O)NCCCNC2CC2)cc1C. The zero-order valence-electron chi connectivity index (χ0n) is 11.6. The van der Waals surface area contributed by atoms with Gasteiger partial charge in [0.05, 0.1) is 4.90 Å². The van der Waals surface area contributed by atoms with Crippen LogP contribution in [0.2, 0.25) is 0 Å². The molecule has 2 rings (SSSR count). The third-order valence-corrected chi connectivity index (χ3v) is 4.90. The van der Waals surface area contributed by atoms with Crippen LogP contribution in [0, 0.1) is 13.8 Å². The summed E-state index contributed by atoms with van der Waals surface area (Å²) in [5.41, 5.74) is 2.10. The Morgan fingerprint density at radius 3 is 2.53 bits per heavy atom. The van der Waals surface area contributed by atoms with E-state index < -0.39 is 10.0 Å². The molecule has 0 bridgehead atoms. The monoisotopic (exact) mass is 282 g/mol. The molecule has 1 fully saturated rings. The van der Waals surface area contributed by atoms with Crippen LogP contribution in [0.25, 0.3) is 0 Å². The number of aryl methyl sites for hydroxylation is 2. The number of hydrogen-bond acceptors (Lipinski definition) is 3. The minimum Gasteiger partial charge on any atom is -0.314 e. The lowest BCUT2D eigenvalue weighted by molar-refractivity contribution is 0.573. The molecule has 106 valence electrons. The minimum absolute atomic E-state index is 0.353. The van der Waals surface area contributed by atoms with Crippen LogP contribution in [0.1, 0.15) is 30.4 Å². The molecule has 0 amide bonds. The van der Waals surface area contributed by atoms with Gasteiger partial charge < -0.3 is 5.32 Å². The largest absolute Gasteiger partial charge is 0.314 e. The molecule has 0 aromatic heterocycles. The number of benzene rings is 1. The van der Waals surface area contributed by atoms with Gasteiger partial charge in [-0.25, -0.2) is 13.1 Å². The second-order valence-corrected chi connectivity index (χ2v) is 6.99. The fraction of sp³-hybridized carbons (Fsp3) is 0.571. The summed E-state index contributed by atoms with van der Waals surface area (Å²) in [6, 6.07) is 5.91. The Labute approximate surface area is 115 Å². The first-order chi connectivity index (χ1) is 8.99. The molecule has 19 heavy (non-hydrogen) atoms. The van der Waals surface area contributed by atoms with E-state index in [1.54, 1.807) is 12.1 Å². The molecule has 5 heteroatoms. The van der Waals surface area contributed by atoms with Crippen LogP contribution in [0.15, 0.2) is 23.1 Å². The third kappa shape index (κ3) is 4.30. The van der Waals surface area contributed by atoms with Crippen molar-refractivity contribution >= 4 is 10.0 Å². The number of sulfonamides is 1. The average molecular weight is 282 g/mol. The number of rotatable bonds is 7. The van der Waals surface area contributed by atoms with Crippen molar-refractivity contribution in [2.24, 2.45) is 0 Å². The molecule has 0 spiro atoms. The van der Waals surface area contributed by atoms with Crippen molar-refractivity contribution in [3.8, 4) is 0 Å². The van der Waals surface area contributed by atoms with Gasteiger partial charge in [0.2, 0.25) is 10.0 Å². The first kappa shape index (κ1) is 14.5. The van der Waals surface area contributed by atoms with Crippen molar-refractivity contribution in [2.45, 2.75) is 44.0 Å². The van der Waals surface area contributed by atoms with Crippen molar-refractivity contribution in [1.82, 2.24) is 10.0 Å². The van der Waals surface area contributed by atoms with Gasteiger partial charge in [-0.2, -0.15) is 0 Å². The molecular formula is C14H22N2O2S. The highest BCUT2D eigenvalue weighted by Gasteiger charge is 2.19. The second-order valence-electron chi connectivity index (χ2n) is 5.23. The van der Waals surface area contributed by atoms with Crippen molar-refractivity contribution in [3.05, 3.63) is 29.3 Å². The van der Waals surface area contributed by atoms with E-state index in [1.807, 2.05) is 19.9 Å². The molecule has 0 heterocycles. The van der Waals surface area contributed by atoms with Gasteiger partial charge in [0.1, 0.15) is 0 Å². The van der Waals surface area contributed by atoms with E-state index in [2.05, 4.69) is 10.0 Å². The lowest BCUT2D eigenvalue weighted by Gasteiger charge is -2.09. The lowest BCUT2D eigenvalue weighted by Crippen LogP contribution is -2.28. The maximum absolute atomic E-state index is 12.1. The average Bonchev–Trinajstić information content (AvgIpc) is 3.16. The molecule has 4 nitrogen and oxygen atoms in total. The Kier molecular flexibility index (Phi) is 4.60. The third-order valence-electron chi connectivity index (χ3n) is 3.44. The van der Waals surface area contributed by atoms with Crippen LogP contribution in [-0.2, 0) is 10.0 Å². The Balaban J connectivity index is 1.84. The summed E-state index contributed by atoms with van der Waals surface area (Å²) in [7, 11) is -3.36. The second kappa shape index (κ2) is 6.03. The molecule has 0 atom stereocenters. The van der Waals surface area contributed by atoms with Gasteiger partial charge in [0.25, 0.3) is 0 Å². The summed E-state index contributed by atoms with van der Waals surface area (Å²) in [5.74, 6) is 0. The Morgan fingerprint density at radius 1 is 1.16 bits per heavy atom. The van der Waals surface area contributed by atoms with E-state index in [-0.39, 0.29) is 0 Å². The van der Waals surface area contributed by atoms with Crippen molar-refractivity contribution in [1.29, 1.82) is 0 Å². The first-order valence-corrected chi connectivity index (χ1v) is 8.28. The van der Waals surface area contributed by atoms with Crippen LogP contribution in [0.4, 0.5) is 0 Å². The van der Waals surface area contributed by atoms with Crippen LogP contribution in [0.3, 0.4) is 0 Å². The summed E-state index contributed by atoms with van der Waals surface area (Å²) < 4.78 is 26.8. The van der Waals surface area contributed by atoms with Gasteiger partial charge in [-0.05, 0) is 62.9 Å². The Hall–Kier alpha value is -0.910. The highest BCUT2D eigenvalue weighted by Crippen LogP contribution is 2.18. The van der Waals surface area contributed by atoms with Crippen LogP contribution < -0.4 is 10.0 Å². The highest BCUT2D eigenvalue weighted by atomic mass is 32.2. The summed E-state index contributed by atoms with van der Waals surface area (Å²) in [6.07, 6.45) is 3.34. The highest BCUT2D eigenvalue weighted by molar-refractivity contribution is 7.89. The molecule has 0 radical (unpaired) electrons. The molecule has 0 saturated heterocycles. The van der Waals surface area contributed by atoms with Gasteiger partial charge in [0, 0.05) is 12.6 Å². The van der Waals surface area contributed by atoms with Gasteiger partial charge in [-0.15, -0.1) is 0 Å². The molecule has 1 aromatic rings. The molecule has 1 aliphatic carbocycles. The smallest absolute Gasteiger partial charge is 0.240 e. The fourth-order valence-corrected chi connectivity index (χ4v) is 3.01. The van der Waals surface area contributed by atoms with Gasteiger partial charge in [-0.3, -0.25) is 0 Å². The standard InChI is InChI=1S/C14H22N2O2S/c1-11-4-7-14(10-12(11)2)19(17,18)16-9-3-8-15-13-5-6-13/h4,7,10,13,15-16H,3,5-6,8-9H2,1-2H3. The predicted octanol–water partition coefficient (Wildman–Crippen LogP) is 1.72. The van der Waals surface area contributed by atoms with Crippen molar-refractivity contribution < 1.29 is 8.42 Å². The fourth-order valence-electron chi connectivity index (χ4n) is 1.85. The quantitative estimate of drug-likeness (QED) is 0.749. The number of hydrogen-bond donors (Lipinski definition) is 2. The maximum Gasteiger partial charge on any atom is 0.240 e. The summed E-state index contributed by atoms with van der Waals surface area (Å²) in [4.78, 5) is 0.353. The van der Waals surface area contributed by atoms with Crippen LogP contribution in [0.5, 0.6) is 0 Å². The maximum atomic E-state index is 12.1.